The topological polar surface area (TPSA) is 95.9 Å². The molecule has 44 heavy (non-hydrogen) atoms. The number of anilines is 1. The molecule has 3 fully saturated rings. The van der Waals surface area contributed by atoms with Crippen molar-refractivity contribution in [1.82, 2.24) is 25.2 Å². The molecule has 0 aliphatic carbocycles. The Morgan fingerprint density at radius 2 is 2.05 bits per heavy atom. The van der Waals surface area contributed by atoms with Gasteiger partial charge in [-0.2, -0.15) is 9.97 Å². The summed E-state index contributed by atoms with van der Waals surface area (Å²) in [6, 6.07) is 7.23. The predicted octanol–water partition coefficient (Wildman–Crippen LogP) is 4.73. The fourth-order valence-electron chi connectivity index (χ4n) is 7.58. The monoisotopic (exact) mass is 606 g/mol. The van der Waals surface area contributed by atoms with Crippen LogP contribution < -0.4 is 19.7 Å². The third-order valence-electron chi connectivity index (χ3n) is 9.79. The van der Waals surface area contributed by atoms with Crippen LogP contribution in [0.25, 0.3) is 32.9 Å². The number of ether oxygens (including phenoxy) is 2. The van der Waals surface area contributed by atoms with Crippen molar-refractivity contribution in [3.8, 4) is 28.9 Å². The quantitative estimate of drug-likeness (QED) is 0.334. The highest BCUT2D eigenvalue weighted by molar-refractivity contribution is 6.02. The summed E-state index contributed by atoms with van der Waals surface area (Å²) in [6.07, 6.45) is 2.11. The molecule has 0 saturated carbocycles. The van der Waals surface area contributed by atoms with Crippen LogP contribution in [0.5, 0.6) is 17.6 Å². The molecule has 4 aromatic rings. The Bertz CT molecular complexity index is 1790. The lowest BCUT2D eigenvalue weighted by atomic mass is 9.95. The smallest absolute Gasteiger partial charge is 0.319 e. The minimum Gasteiger partial charge on any atom is -0.508 e. The molecule has 0 spiro atoms. The van der Waals surface area contributed by atoms with Gasteiger partial charge in [0.15, 0.2) is 5.82 Å². The van der Waals surface area contributed by atoms with Crippen LogP contribution in [0, 0.1) is 11.6 Å². The van der Waals surface area contributed by atoms with Crippen LogP contribution in [-0.2, 0) is 0 Å². The molecule has 12 heteroatoms. The van der Waals surface area contributed by atoms with Gasteiger partial charge in [-0.05, 0) is 49.4 Å². The summed E-state index contributed by atoms with van der Waals surface area (Å²) in [7, 11) is 0. The Balaban J connectivity index is 1.31. The number of alkyl halides is 1. The fourth-order valence-corrected chi connectivity index (χ4v) is 7.58. The minimum absolute atomic E-state index is 0.0165. The lowest BCUT2D eigenvalue weighted by Gasteiger charge is -2.39. The maximum atomic E-state index is 16.8. The largest absolute Gasteiger partial charge is 0.508 e. The van der Waals surface area contributed by atoms with Gasteiger partial charge in [0.25, 0.3) is 0 Å². The molecule has 6 heterocycles. The van der Waals surface area contributed by atoms with Gasteiger partial charge in [0.1, 0.15) is 53.4 Å². The Kier molecular flexibility index (Phi) is 6.49. The van der Waals surface area contributed by atoms with Gasteiger partial charge in [0.2, 0.25) is 5.88 Å². The van der Waals surface area contributed by atoms with Gasteiger partial charge in [-0.15, -0.1) is 0 Å². The second kappa shape index (κ2) is 10.3. The number of halogens is 3. The van der Waals surface area contributed by atoms with E-state index in [1.807, 2.05) is 0 Å². The van der Waals surface area contributed by atoms with Crippen molar-refractivity contribution in [2.75, 3.05) is 44.3 Å². The van der Waals surface area contributed by atoms with Crippen LogP contribution in [0.2, 0.25) is 0 Å². The van der Waals surface area contributed by atoms with E-state index in [9.17, 15) is 9.50 Å². The van der Waals surface area contributed by atoms with Crippen LogP contribution in [0.4, 0.5) is 19.0 Å². The van der Waals surface area contributed by atoms with Crippen molar-refractivity contribution < 1.29 is 27.8 Å². The molecule has 2 aromatic carbocycles. The van der Waals surface area contributed by atoms with Crippen molar-refractivity contribution >= 4 is 27.5 Å². The molecule has 4 aliphatic rings. The first-order chi connectivity index (χ1) is 21.3. The van der Waals surface area contributed by atoms with E-state index in [0.717, 1.165) is 25.8 Å². The summed E-state index contributed by atoms with van der Waals surface area (Å²) in [5, 5.41) is 14.9. The van der Waals surface area contributed by atoms with Gasteiger partial charge >= 0.3 is 6.01 Å². The van der Waals surface area contributed by atoms with E-state index in [0.29, 0.717) is 42.6 Å². The van der Waals surface area contributed by atoms with Crippen LogP contribution in [0.15, 0.2) is 30.3 Å². The fraction of sp³-hybridized carbons (Fsp3) is 0.469. The number of phenolic OH excluding ortho intramolecular Hbond substituents is 1. The number of aromatic hydroxyl groups is 1. The third-order valence-corrected chi connectivity index (χ3v) is 9.79. The maximum absolute atomic E-state index is 16.8. The van der Waals surface area contributed by atoms with Crippen molar-refractivity contribution in [3.63, 3.8) is 0 Å². The van der Waals surface area contributed by atoms with Gasteiger partial charge in [0.05, 0.1) is 11.6 Å². The number of pyridine rings is 1. The zero-order chi connectivity index (χ0) is 30.2. The standard InChI is InChI=1S/C32H33F3N6O3/c1-2-19-14-41-20(12-36-19)15-43-30-25-28(26(35)27(37-30)22-10-21(42)9-17-5-3-6-23(34)24(17)22)38-31(39-29(25)41)44-16-32-7-4-8-40(32)13-18(33)11-32/h3,5-6,9-10,18-20,36,42H,2,4,7-8,11-16H2,1H3/t18-,19-,20-,32+/m1/s1. The first-order valence-corrected chi connectivity index (χ1v) is 15.3. The van der Waals surface area contributed by atoms with Gasteiger partial charge < -0.3 is 24.8 Å². The highest BCUT2D eigenvalue weighted by atomic mass is 19.1. The number of piperazine rings is 1. The van der Waals surface area contributed by atoms with Crippen LogP contribution in [-0.4, -0.2) is 88.1 Å². The number of phenols is 1. The second-order valence-corrected chi connectivity index (χ2v) is 12.5. The molecule has 0 radical (unpaired) electrons. The summed E-state index contributed by atoms with van der Waals surface area (Å²) >= 11 is 0. The van der Waals surface area contributed by atoms with Gasteiger partial charge in [-0.1, -0.05) is 19.1 Å². The summed E-state index contributed by atoms with van der Waals surface area (Å²) in [4.78, 5) is 18.2. The molecular weight excluding hydrogens is 573 g/mol. The Morgan fingerprint density at radius 1 is 1.16 bits per heavy atom. The van der Waals surface area contributed by atoms with E-state index in [1.54, 1.807) is 6.07 Å². The van der Waals surface area contributed by atoms with Gasteiger partial charge in [-0.3, -0.25) is 4.90 Å². The first kappa shape index (κ1) is 27.6. The summed E-state index contributed by atoms with van der Waals surface area (Å²) in [5.41, 5.74) is -0.629. The first-order valence-electron chi connectivity index (χ1n) is 15.3. The van der Waals surface area contributed by atoms with E-state index in [1.165, 1.54) is 24.3 Å². The number of benzene rings is 2. The summed E-state index contributed by atoms with van der Waals surface area (Å²) < 4.78 is 58.9. The molecule has 2 aromatic heterocycles. The molecule has 8 rings (SSSR count). The van der Waals surface area contributed by atoms with Gasteiger partial charge in [0, 0.05) is 43.0 Å². The van der Waals surface area contributed by atoms with Crippen LogP contribution >= 0.6 is 0 Å². The molecule has 230 valence electrons. The molecule has 9 nitrogen and oxygen atoms in total. The number of rotatable bonds is 5. The molecule has 4 atom stereocenters. The number of aromatic nitrogens is 3. The number of fused-ring (bicyclic) bond motifs is 4. The Labute approximate surface area is 252 Å². The SMILES string of the molecule is CC[C@@H]1CN2c3nc(OC[C@@]45CCCN4C[C@H](F)C5)nc4c(F)c(-c5cc(O)cc6cccc(F)c56)nc(c34)OC[C@H]2CN1. The number of hydrogen-bond donors (Lipinski definition) is 2. The number of nitrogens with one attached hydrogen (secondary N) is 1. The highest BCUT2D eigenvalue weighted by Gasteiger charge is 2.49. The maximum Gasteiger partial charge on any atom is 0.319 e. The van der Waals surface area contributed by atoms with E-state index in [4.69, 9.17) is 14.5 Å². The zero-order valence-electron chi connectivity index (χ0n) is 24.3. The van der Waals surface area contributed by atoms with E-state index in [-0.39, 0.29) is 65.1 Å². The Hall–Kier alpha value is -3.90. The molecule has 0 amide bonds. The number of nitrogens with zero attached hydrogens (tertiary/aromatic N) is 5. The lowest BCUT2D eigenvalue weighted by Crippen LogP contribution is -2.58. The van der Waals surface area contributed by atoms with Crippen LogP contribution in [0.3, 0.4) is 0 Å². The van der Waals surface area contributed by atoms with Crippen molar-refractivity contribution in [2.24, 2.45) is 0 Å². The third kappa shape index (κ3) is 4.33. The van der Waals surface area contributed by atoms with Gasteiger partial charge in [-0.25, -0.2) is 18.2 Å². The van der Waals surface area contributed by atoms with Crippen LogP contribution in [0.1, 0.15) is 32.6 Å². The van der Waals surface area contributed by atoms with E-state index >= 15 is 8.78 Å². The lowest BCUT2D eigenvalue weighted by molar-refractivity contribution is 0.107. The molecule has 0 bridgehead atoms. The molecular formula is C32H33F3N6O3. The highest BCUT2D eigenvalue weighted by Crippen LogP contribution is 2.44. The van der Waals surface area contributed by atoms with Crippen molar-refractivity contribution in [1.29, 1.82) is 0 Å². The predicted molar refractivity (Wildman–Crippen MR) is 159 cm³/mol. The summed E-state index contributed by atoms with van der Waals surface area (Å²) in [6.45, 7) is 4.98. The minimum atomic E-state index is -0.919. The molecule has 2 N–H and O–H groups in total. The Morgan fingerprint density at radius 3 is 2.91 bits per heavy atom. The van der Waals surface area contributed by atoms with E-state index < -0.39 is 23.3 Å². The normalized spacial score (nSPS) is 26.5. The van der Waals surface area contributed by atoms with E-state index in [2.05, 4.69) is 32.0 Å². The molecule has 0 unspecified atom stereocenters. The molecule has 3 saturated heterocycles. The average molecular weight is 607 g/mol. The number of hydrogen-bond acceptors (Lipinski definition) is 9. The zero-order valence-corrected chi connectivity index (χ0v) is 24.3. The van der Waals surface area contributed by atoms with Crippen molar-refractivity contribution in [2.45, 2.75) is 56.4 Å². The second-order valence-electron chi connectivity index (χ2n) is 12.5. The van der Waals surface area contributed by atoms with Crippen molar-refractivity contribution in [3.05, 3.63) is 42.0 Å². The average Bonchev–Trinajstić information content (AvgIpc) is 3.49. The summed E-state index contributed by atoms with van der Waals surface area (Å²) in [5.74, 6) is -0.944. The molecule has 4 aliphatic heterocycles.